The molecule has 2 aromatic heterocycles. The lowest BCUT2D eigenvalue weighted by molar-refractivity contribution is 0.405. The average molecular weight is 353 g/mol. The Hall–Kier alpha value is -3.35. The summed E-state index contributed by atoms with van der Waals surface area (Å²) in [5, 5.41) is 0. The van der Waals surface area contributed by atoms with Crippen LogP contribution in [0.5, 0.6) is 17.4 Å². The zero-order chi connectivity index (χ0) is 18.8. The molecule has 0 bridgehead atoms. The predicted molar refractivity (Wildman–Crippen MR) is 98.1 cm³/mol. The second-order valence-electron chi connectivity index (χ2n) is 5.90. The van der Waals surface area contributed by atoms with Gasteiger partial charge in [0.05, 0.1) is 12.8 Å². The molecule has 3 aromatic rings. The van der Waals surface area contributed by atoms with E-state index in [1.54, 1.807) is 45.5 Å². The maximum atomic E-state index is 12.0. The Kier molecular flexibility index (Phi) is 4.62. The van der Waals surface area contributed by atoms with Crippen molar-refractivity contribution in [2.45, 2.75) is 13.8 Å². The van der Waals surface area contributed by atoms with Gasteiger partial charge >= 0.3 is 5.69 Å². The molecule has 0 unspecified atom stereocenters. The Morgan fingerprint density at radius 2 is 1.85 bits per heavy atom. The van der Waals surface area contributed by atoms with Gasteiger partial charge < -0.3 is 9.47 Å². The topological polar surface area (TPSA) is 86.2 Å². The van der Waals surface area contributed by atoms with E-state index in [-0.39, 0.29) is 5.56 Å². The number of aromatic nitrogens is 3. The first-order valence-corrected chi connectivity index (χ1v) is 7.99. The van der Waals surface area contributed by atoms with Gasteiger partial charge in [-0.2, -0.15) is 0 Å². The highest BCUT2D eigenvalue weighted by molar-refractivity contribution is 5.67. The van der Waals surface area contributed by atoms with Gasteiger partial charge in [0, 0.05) is 30.4 Å². The summed E-state index contributed by atoms with van der Waals surface area (Å²) >= 11 is 0. The molecular weight excluding hydrogens is 334 g/mol. The number of methoxy groups -OCH3 is 1. The van der Waals surface area contributed by atoms with Crippen molar-refractivity contribution in [3.05, 3.63) is 68.5 Å². The van der Waals surface area contributed by atoms with Crippen LogP contribution in [0.1, 0.15) is 11.1 Å². The number of aromatic amines is 1. The molecule has 3 rings (SSSR count). The molecule has 0 spiro atoms. The number of hydrogen-bond acceptors (Lipinski definition) is 5. The van der Waals surface area contributed by atoms with E-state index >= 15 is 0 Å². The first kappa shape index (κ1) is 17.5. The van der Waals surface area contributed by atoms with Gasteiger partial charge in [0.25, 0.3) is 5.56 Å². The van der Waals surface area contributed by atoms with Crippen LogP contribution in [0.4, 0.5) is 0 Å². The lowest BCUT2D eigenvalue weighted by atomic mass is 10.0. The number of benzene rings is 1. The van der Waals surface area contributed by atoms with Crippen molar-refractivity contribution in [1.82, 2.24) is 14.5 Å². The molecule has 0 saturated carbocycles. The van der Waals surface area contributed by atoms with Crippen LogP contribution in [-0.4, -0.2) is 21.6 Å². The van der Waals surface area contributed by atoms with Crippen molar-refractivity contribution in [3.63, 3.8) is 0 Å². The van der Waals surface area contributed by atoms with Crippen LogP contribution >= 0.6 is 0 Å². The van der Waals surface area contributed by atoms with Crippen molar-refractivity contribution in [1.29, 1.82) is 0 Å². The van der Waals surface area contributed by atoms with E-state index in [1.165, 1.54) is 4.57 Å². The molecule has 0 aliphatic heterocycles. The summed E-state index contributed by atoms with van der Waals surface area (Å²) in [5.41, 5.74) is 1.90. The maximum Gasteiger partial charge on any atom is 0.328 e. The Morgan fingerprint density at radius 1 is 1.08 bits per heavy atom. The summed E-state index contributed by atoms with van der Waals surface area (Å²) in [6.07, 6.45) is 1.60. The molecule has 7 nitrogen and oxygen atoms in total. The van der Waals surface area contributed by atoms with Crippen LogP contribution < -0.4 is 20.7 Å². The van der Waals surface area contributed by atoms with Crippen LogP contribution in [-0.2, 0) is 7.05 Å². The summed E-state index contributed by atoms with van der Waals surface area (Å²) in [6.45, 7) is 3.59. The van der Waals surface area contributed by atoms with Crippen LogP contribution in [0.3, 0.4) is 0 Å². The number of aryl methyl sites for hydroxylation is 1. The minimum absolute atomic E-state index is 0.386. The van der Waals surface area contributed by atoms with E-state index in [2.05, 4.69) is 9.97 Å². The van der Waals surface area contributed by atoms with Gasteiger partial charge in [0.1, 0.15) is 11.5 Å². The zero-order valence-electron chi connectivity index (χ0n) is 15.0. The minimum Gasteiger partial charge on any atom is -0.497 e. The van der Waals surface area contributed by atoms with Crippen molar-refractivity contribution in [3.8, 4) is 28.6 Å². The molecule has 0 saturated heterocycles. The first-order valence-electron chi connectivity index (χ1n) is 7.99. The Bertz CT molecular complexity index is 1050. The van der Waals surface area contributed by atoms with E-state index in [0.29, 0.717) is 28.6 Å². The normalized spacial score (nSPS) is 10.6. The fraction of sp³-hybridized carbons (Fsp3) is 0.211. The van der Waals surface area contributed by atoms with Crippen LogP contribution in [0.15, 0.2) is 46.1 Å². The highest BCUT2D eigenvalue weighted by atomic mass is 16.5. The van der Waals surface area contributed by atoms with E-state index < -0.39 is 5.69 Å². The Labute approximate surface area is 149 Å². The van der Waals surface area contributed by atoms with Crippen LogP contribution in [0, 0.1) is 13.8 Å². The monoisotopic (exact) mass is 353 g/mol. The smallest absolute Gasteiger partial charge is 0.328 e. The molecule has 7 heteroatoms. The standard InChI is InChI=1S/C19H19N3O4/c1-11-9-14(26-16-10-13(25-4)7-8-20-16)5-6-15(11)17-12(2)18(23)21-19(24)22(17)3/h5-10H,1-4H3,(H,21,23,24). The van der Waals surface area contributed by atoms with Crippen molar-refractivity contribution < 1.29 is 9.47 Å². The number of nitrogens with one attached hydrogen (secondary N) is 1. The van der Waals surface area contributed by atoms with Gasteiger partial charge in [-0.05, 0) is 43.7 Å². The molecule has 26 heavy (non-hydrogen) atoms. The van der Waals surface area contributed by atoms with Gasteiger partial charge in [-0.15, -0.1) is 0 Å². The van der Waals surface area contributed by atoms with Gasteiger partial charge in [0.15, 0.2) is 0 Å². The number of rotatable bonds is 4. The average Bonchev–Trinajstić information content (AvgIpc) is 2.62. The van der Waals surface area contributed by atoms with E-state index in [0.717, 1.165) is 11.1 Å². The van der Waals surface area contributed by atoms with Gasteiger partial charge in [-0.1, -0.05) is 0 Å². The second kappa shape index (κ2) is 6.87. The van der Waals surface area contributed by atoms with Gasteiger partial charge in [-0.25, -0.2) is 9.78 Å². The van der Waals surface area contributed by atoms with E-state index in [9.17, 15) is 9.59 Å². The molecule has 1 aromatic carbocycles. The van der Waals surface area contributed by atoms with Crippen molar-refractivity contribution in [2.75, 3.05) is 7.11 Å². The number of nitrogens with zero attached hydrogens (tertiary/aromatic N) is 2. The minimum atomic E-state index is -0.448. The highest BCUT2D eigenvalue weighted by Gasteiger charge is 2.14. The number of ether oxygens (including phenoxy) is 2. The van der Waals surface area contributed by atoms with Crippen molar-refractivity contribution in [2.24, 2.45) is 7.05 Å². The maximum absolute atomic E-state index is 12.0. The lowest BCUT2D eigenvalue weighted by Gasteiger charge is -2.14. The van der Waals surface area contributed by atoms with Gasteiger partial charge in [0.2, 0.25) is 5.88 Å². The number of H-pyrrole nitrogens is 1. The second-order valence-corrected chi connectivity index (χ2v) is 5.90. The summed E-state index contributed by atoms with van der Waals surface area (Å²) in [7, 11) is 3.21. The molecule has 2 heterocycles. The van der Waals surface area contributed by atoms with Crippen LogP contribution in [0.2, 0.25) is 0 Å². The summed E-state index contributed by atoms with van der Waals surface area (Å²) in [5.74, 6) is 1.66. The Morgan fingerprint density at radius 3 is 2.54 bits per heavy atom. The fourth-order valence-corrected chi connectivity index (χ4v) is 2.78. The summed E-state index contributed by atoms with van der Waals surface area (Å²) in [6, 6.07) is 8.85. The molecule has 0 amide bonds. The number of hydrogen-bond donors (Lipinski definition) is 1. The van der Waals surface area contributed by atoms with Gasteiger partial charge in [-0.3, -0.25) is 14.3 Å². The van der Waals surface area contributed by atoms with E-state index in [4.69, 9.17) is 9.47 Å². The Balaban J connectivity index is 2.01. The van der Waals surface area contributed by atoms with E-state index in [1.807, 2.05) is 19.1 Å². The third kappa shape index (κ3) is 3.23. The molecule has 0 fully saturated rings. The molecule has 0 radical (unpaired) electrons. The zero-order valence-corrected chi connectivity index (χ0v) is 15.0. The quantitative estimate of drug-likeness (QED) is 0.779. The number of pyridine rings is 1. The molecule has 134 valence electrons. The SMILES string of the molecule is COc1ccnc(Oc2ccc(-c3c(C)c(=O)[nH]c(=O)n3C)c(C)c2)c1. The lowest BCUT2D eigenvalue weighted by Crippen LogP contribution is -2.31. The molecule has 1 N–H and O–H groups in total. The predicted octanol–water partition coefficient (Wildman–Crippen LogP) is 2.55. The molecule has 0 aliphatic carbocycles. The van der Waals surface area contributed by atoms with Crippen LogP contribution in [0.25, 0.3) is 11.3 Å². The largest absolute Gasteiger partial charge is 0.497 e. The fourth-order valence-electron chi connectivity index (χ4n) is 2.78. The summed E-state index contributed by atoms with van der Waals surface area (Å²) < 4.78 is 12.4. The first-order chi connectivity index (χ1) is 12.4. The molecule has 0 aliphatic rings. The van der Waals surface area contributed by atoms with Crippen molar-refractivity contribution >= 4 is 0 Å². The highest BCUT2D eigenvalue weighted by Crippen LogP contribution is 2.29. The molecule has 0 atom stereocenters. The molecular formula is C19H19N3O4. The summed E-state index contributed by atoms with van der Waals surface area (Å²) in [4.78, 5) is 30.3. The third-order valence-electron chi connectivity index (χ3n) is 4.17. The third-order valence-corrected chi connectivity index (χ3v) is 4.17.